The molecule has 0 radical (unpaired) electrons. The van der Waals surface area contributed by atoms with Crippen molar-refractivity contribution in [3.05, 3.63) is 41.6 Å². The second kappa shape index (κ2) is 3.23. The number of nitrogens with zero attached hydrogens (tertiary/aromatic N) is 1. The minimum absolute atomic E-state index is 0.0567. The fraction of sp³-hybridized carbons (Fsp3) is 0.273. The van der Waals surface area contributed by atoms with Crippen LogP contribution in [0.5, 0.6) is 0 Å². The molecule has 2 rings (SSSR count). The summed E-state index contributed by atoms with van der Waals surface area (Å²) in [5.41, 5.74) is 2.47. The summed E-state index contributed by atoms with van der Waals surface area (Å²) in [6.45, 7) is 0. The molecule has 0 saturated carbocycles. The molecule has 1 aliphatic rings. The first-order chi connectivity index (χ1) is 6.33. The highest BCUT2D eigenvalue weighted by Crippen LogP contribution is 2.28. The predicted molar refractivity (Wildman–Crippen MR) is 53.0 cm³/mol. The molecular formula is C11H13NO. The van der Waals surface area contributed by atoms with Crippen LogP contribution in [0.25, 0.3) is 6.08 Å². The lowest BCUT2D eigenvalue weighted by Crippen LogP contribution is -2.23. The van der Waals surface area contributed by atoms with Crippen LogP contribution in [-0.2, 0) is 4.74 Å². The number of rotatable bonds is 1. The summed E-state index contributed by atoms with van der Waals surface area (Å²) in [6, 6.07) is 8.29. The van der Waals surface area contributed by atoms with Crippen molar-refractivity contribution in [1.29, 1.82) is 0 Å². The fourth-order valence-electron chi connectivity index (χ4n) is 1.68. The summed E-state index contributed by atoms with van der Waals surface area (Å²) in [7, 11) is 3.75. The van der Waals surface area contributed by atoms with Gasteiger partial charge in [-0.25, -0.2) is 0 Å². The van der Waals surface area contributed by atoms with E-state index in [1.54, 1.807) is 7.11 Å². The van der Waals surface area contributed by atoms with Gasteiger partial charge in [0.05, 0.1) is 0 Å². The largest absolute Gasteiger partial charge is 0.357 e. The van der Waals surface area contributed by atoms with Crippen molar-refractivity contribution < 1.29 is 4.74 Å². The van der Waals surface area contributed by atoms with Crippen molar-refractivity contribution in [1.82, 2.24) is 4.90 Å². The number of hydrogen-bond donors (Lipinski definition) is 0. The first kappa shape index (κ1) is 8.32. The van der Waals surface area contributed by atoms with Crippen LogP contribution in [0.2, 0.25) is 0 Å². The van der Waals surface area contributed by atoms with Gasteiger partial charge < -0.3 is 9.64 Å². The van der Waals surface area contributed by atoms with Crippen molar-refractivity contribution in [3.63, 3.8) is 0 Å². The van der Waals surface area contributed by atoms with E-state index >= 15 is 0 Å². The lowest BCUT2D eigenvalue weighted by atomic mass is 10.0. The zero-order valence-corrected chi connectivity index (χ0v) is 7.90. The number of benzene rings is 1. The van der Waals surface area contributed by atoms with Gasteiger partial charge in [-0.3, -0.25) is 0 Å². The van der Waals surface area contributed by atoms with Gasteiger partial charge in [0.2, 0.25) is 0 Å². The van der Waals surface area contributed by atoms with Gasteiger partial charge in [0.25, 0.3) is 0 Å². The van der Waals surface area contributed by atoms with Gasteiger partial charge in [-0.2, -0.15) is 0 Å². The molecule has 0 fully saturated rings. The van der Waals surface area contributed by atoms with Gasteiger partial charge in [0, 0.05) is 25.9 Å². The van der Waals surface area contributed by atoms with E-state index in [0.29, 0.717) is 0 Å². The minimum atomic E-state index is 0.0567. The lowest BCUT2D eigenvalue weighted by Gasteiger charge is -2.30. The van der Waals surface area contributed by atoms with Crippen LogP contribution in [0, 0.1) is 0 Å². The zero-order valence-electron chi connectivity index (χ0n) is 7.90. The van der Waals surface area contributed by atoms with Crippen LogP contribution in [-0.4, -0.2) is 19.1 Å². The van der Waals surface area contributed by atoms with Crippen molar-refractivity contribution in [3.8, 4) is 0 Å². The van der Waals surface area contributed by atoms with Crippen LogP contribution >= 0.6 is 0 Å². The molecule has 1 heterocycles. The monoisotopic (exact) mass is 175 g/mol. The fourth-order valence-corrected chi connectivity index (χ4v) is 1.68. The molecule has 0 spiro atoms. The average molecular weight is 175 g/mol. The Kier molecular flexibility index (Phi) is 2.07. The molecule has 0 saturated heterocycles. The van der Waals surface area contributed by atoms with E-state index in [0.717, 1.165) is 0 Å². The highest BCUT2D eigenvalue weighted by Gasteiger charge is 2.19. The maximum Gasteiger partial charge on any atom is 0.155 e. The molecule has 1 atom stereocenters. The second-order valence-corrected chi connectivity index (χ2v) is 3.20. The molecule has 1 unspecified atom stereocenters. The van der Waals surface area contributed by atoms with Crippen molar-refractivity contribution in [2.24, 2.45) is 0 Å². The summed E-state index contributed by atoms with van der Waals surface area (Å²) in [6.07, 6.45) is 4.20. The van der Waals surface area contributed by atoms with E-state index in [9.17, 15) is 0 Å². The van der Waals surface area contributed by atoms with E-state index in [1.165, 1.54) is 11.1 Å². The predicted octanol–water partition coefficient (Wildman–Crippen LogP) is 2.25. The topological polar surface area (TPSA) is 12.5 Å². The van der Waals surface area contributed by atoms with Gasteiger partial charge in [0.15, 0.2) is 6.23 Å². The standard InChI is InChI=1S/C11H13NO/c1-12-8-7-9-5-3-4-6-10(9)11(12)13-2/h3-8,11H,1-2H3. The Morgan fingerprint density at radius 2 is 2.08 bits per heavy atom. The first-order valence-electron chi connectivity index (χ1n) is 4.35. The Bertz CT molecular complexity index is 333. The summed E-state index contributed by atoms with van der Waals surface area (Å²) >= 11 is 0. The SMILES string of the molecule is COC1c2ccccc2C=CN1C. The molecule has 0 aliphatic carbocycles. The third kappa shape index (κ3) is 1.33. The number of hydrogen-bond acceptors (Lipinski definition) is 2. The van der Waals surface area contributed by atoms with Gasteiger partial charge in [0.1, 0.15) is 0 Å². The molecule has 1 aromatic carbocycles. The van der Waals surface area contributed by atoms with Gasteiger partial charge >= 0.3 is 0 Å². The van der Waals surface area contributed by atoms with E-state index in [4.69, 9.17) is 4.74 Å². The zero-order chi connectivity index (χ0) is 9.26. The smallest absolute Gasteiger partial charge is 0.155 e. The number of fused-ring (bicyclic) bond motifs is 1. The number of ether oxygens (including phenoxy) is 1. The molecule has 13 heavy (non-hydrogen) atoms. The van der Waals surface area contributed by atoms with E-state index < -0.39 is 0 Å². The molecule has 1 aliphatic heterocycles. The summed E-state index contributed by atoms with van der Waals surface area (Å²) < 4.78 is 5.40. The van der Waals surface area contributed by atoms with Gasteiger partial charge in [-0.1, -0.05) is 24.3 Å². The summed E-state index contributed by atoms with van der Waals surface area (Å²) in [5.74, 6) is 0. The third-order valence-corrected chi connectivity index (χ3v) is 2.34. The average Bonchev–Trinajstić information content (AvgIpc) is 2.18. The molecular weight excluding hydrogens is 162 g/mol. The normalized spacial score (nSPS) is 20.2. The maximum atomic E-state index is 5.40. The van der Waals surface area contributed by atoms with E-state index in [-0.39, 0.29) is 6.23 Å². The first-order valence-corrected chi connectivity index (χ1v) is 4.35. The van der Waals surface area contributed by atoms with Crippen molar-refractivity contribution in [2.45, 2.75) is 6.23 Å². The van der Waals surface area contributed by atoms with E-state index in [1.807, 2.05) is 25.4 Å². The molecule has 0 bridgehead atoms. The van der Waals surface area contributed by atoms with Gasteiger partial charge in [-0.15, -0.1) is 0 Å². The molecule has 68 valence electrons. The van der Waals surface area contributed by atoms with Crippen LogP contribution < -0.4 is 0 Å². The highest BCUT2D eigenvalue weighted by atomic mass is 16.5. The highest BCUT2D eigenvalue weighted by molar-refractivity contribution is 5.56. The lowest BCUT2D eigenvalue weighted by molar-refractivity contribution is 0.00496. The number of methoxy groups -OCH3 is 1. The Labute approximate surface area is 78.4 Å². The summed E-state index contributed by atoms with van der Waals surface area (Å²) in [5, 5.41) is 0. The van der Waals surface area contributed by atoms with E-state index in [2.05, 4.69) is 23.1 Å². The van der Waals surface area contributed by atoms with Crippen molar-refractivity contribution in [2.75, 3.05) is 14.2 Å². The third-order valence-electron chi connectivity index (χ3n) is 2.34. The quantitative estimate of drug-likeness (QED) is 0.649. The second-order valence-electron chi connectivity index (χ2n) is 3.20. The molecule has 2 nitrogen and oxygen atoms in total. The van der Waals surface area contributed by atoms with Gasteiger partial charge in [-0.05, 0) is 11.6 Å². The van der Waals surface area contributed by atoms with Crippen molar-refractivity contribution >= 4 is 6.08 Å². The summed E-state index contributed by atoms with van der Waals surface area (Å²) in [4.78, 5) is 2.06. The maximum absolute atomic E-state index is 5.40. The Morgan fingerprint density at radius 3 is 2.85 bits per heavy atom. The van der Waals surface area contributed by atoms with Crippen LogP contribution in [0.3, 0.4) is 0 Å². The molecule has 0 amide bonds. The Balaban J connectivity index is 2.47. The van der Waals surface area contributed by atoms with Crippen LogP contribution in [0.15, 0.2) is 30.5 Å². The Morgan fingerprint density at radius 1 is 1.31 bits per heavy atom. The molecule has 1 aromatic rings. The van der Waals surface area contributed by atoms with Crippen LogP contribution in [0.1, 0.15) is 17.4 Å². The molecule has 2 heteroatoms. The Hall–Kier alpha value is -1.28. The molecule has 0 aromatic heterocycles. The molecule has 0 N–H and O–H groups in total. The van der Waals surface area contributed by atoms with Crippen LogP contribution in [0.4, 0.5) is 0 Å². The minimum Gasteiger partial charge on any atom is -0.357 e.